The minimum Gasteiger partial charge on any atom is -0.293 e. The number of rotatable bonds is 3. The maximum Gasteiger partial charge on any atom is 0.0815 e. The van der Waals surface area contributed by atoms with Crippen LogP contribution in [0.3, 0.4) is 0 Å². The van der Waals surface area contributed by atoms with E-state index in [0.717, 1.165) is 0 Å². The van der Waals surface area contributed by atoms with Crippen molar-refractivity contribution >= 4 is 0 Å². The first-order valence-electron chi connectivity index (χ1n) is 4.66. The monoisotopic (exact) mass is 173 g/mol. The lowest BCUT2D eigenvalue weighted by Gasteiger charge is -2.33. The van der Waals surface area contributed by atoms with Crippen molar-refractivity contribution in [1.82, 2.24) is 5.06 Å². The molecule has 0 aromatic heterocycles. The van der Waals surface area contributed by atoms with Crippen LogP contribution in [0.15, 0.2) is 0 Å². The Labute approximate surface area is 76.9 Å². The summed E-state index contributed by atoms with van der Waals surface area (Å²) in [4.78, 5) is 5.69. The molecule has 0 aliphatic heterocycles. The lowest BCUT2D eigenvalue weighted by atomic mass is 10.1. The second-order valence-electron chi connectivity index (χ2n) is 4.73. The SMILES string of the molecule is CC(C)C(C)N(C)OC(C)(C)C. The maximum absolute atomic E-state index is 5.69. The van der Waals surface area contributed by atoms with Gasteiger partial charge in [-0.15, -0.1) is 0 Å². The Morgan fingerprint density at radius 2 is 1.50 bits per heavy atom. The predicted octanol–water partition coefficient (Wildman–Crippen LogP) is 2.69. The molecule has 0 aliphatic carbocycles. The van der Waals surface area contributed by atoms with Crippen molar-refractivity contribution in [2.75, 3.05) is 7.05 Å². The largest absolute Gasteiger partial charge is 0.293 e. The average Bonchev–Trinajstić information content (AvgIpc) is 1.82. The molecule has 0 N–H and O–H groups in total. The van der Waals surface area contributed by atoms with Crippen LogP contribution in [-0.4, -0.2) is 23.8 Å². The third kappa shape index (κ3) is 4.73. The Bertz CT molecular complexity index is 126. The minimum atomic E-state index is -0.0854. The topological polar surface area (TPSA) is 12.5 Å². The van der Waals surface area contributed by atoms with E-state index >= 15 is 0 Å². The van der Waals surface area contributed by atoms with Crippen molar-refractivity contribution < 1.29 is 4.84 Å². The summed E-state index contributed by atoms with van der Waals surface area (Å²) in [5, 5.41) is 1.95. The molecule has 0 aromatic rings. The van der Waals surface area contributed by atoms with Gasteiger partial charge in [-0.05, 0) is 33.6 Å². The van der Waals surface area contributed by atoms with Gasteiger partial charge in [-0.1, -0.05) is 13.8 Å². The normalized spacial score (nSPS) is 15.8. The molecule has 0 spiro atoms. The van der Waals surface area contributed by atoms with E-state index in [4.69, 9.17) is 4.84 Å². The van der Waals surface area contributed by atoms with Crippen molar-refractivity contribution in [3.63, 3.8) is 0 Å². The molecule has 0 saturated carbocycles. The zero-order valence-corrected chi connectivity index (χ0v) is 9.51. The standard InChI is InChI=1S/C10H23NO/c1-8(2)9(3)11(7)12-10(4,5)6/h8-9H,1-7H3. The fourth-order valence-corrected chi connectivity index (χ4v) is 0.935. The molecule has 0 fully saturated rings. The zero-order chi connectivity index (χ0) is 9.94. The van der Waals surface area contributed by atoms with Crippen molar-refractivity contribution in [1.29, 1.82) is 0 Å². The first-order chi connectivity index (χ1) is 5.24. The maximum atomic E-state index is 5.69. The molecule has 0 aliphatic rings. The van der Waals surface area contributed by atoms with E-state index < -0.39 is 0 Å². The third-order valence-electron chi connectivity index (χ3n) is 1.96. The smallest absolute Gasteiger partial charge is 0.0815 e. The summed E-state index contributed by atoms with van der Waals surface area (Å²) in [5.74, 6) is 0.623. The Morgan fingerprint density at radius 1 is 1.08 bits per heavy atom. The van der Waals surface area contributed by atoms with Gasteiger partial charge in [0.2, 0.25) is 0 Å². The molecule has 74 valence electrons. The summed E-state index contributed by atoms with van der Waals surface area (Å²) in [6.07, 6.45) is 0. The van der Waals surface area contributed by atoms with E-state index in [1.165, 1.54) is 0 Å². The molecule has 2 nitrogen and oxygen atoms in total. The van der Waals surface area contributed by atoms with Crippen LogP contribution in [0.5, 0.6) is 0 Å². The molecular weight excluding hydrogens is 150 g/mol. The van der Waals surface area contributed by atoms with E-state index in [1.54, 1.807) is 0 Å². The highest BCUT2D eigenvalue weighted by Gasteiger charge is 2.19. The molecule has 0 heterocycles. The van der Waals surface area contributed by atoms with Gasteiger partial charge in [0.05, 0.1) is 5.60 Å². The van der Waals surface area contributed by atoms with Crippen LogP contribution in [0.25, 0.3) is 0 Å². The van der Waals surface area contributed by atoms with Crippen LogP contribution < -0.4 is 0 Å². The highest BCUT2D eigenvalue weighted by molar-refractivity contribution is 4.64. The van der Waals surface area contributed by atoms with Gasteiger partial charge in [-0.3, -0.25) is 4.84 Å². The van der Waals surface area contributed by atoms with Crippen LogP contribution in [0, 0.1) is 5.92 Å². The molecule has 0 rings (SSSR count). The zero-order valence-electron chi connectivity index (χ0n) is 9.51. The Morgan fingerprint density at radius 3 is 1.75 bits per heavy atom. The lowest BCUT2D eigenvalue weighted by molar-refractivity contribution is -0.237. The third-order valence-corrected chi connectivity index (χ3v) is 1.96. The second kappa shape index (κ2) is 4.24. The molecule has 2 heteroatoms. The Hall–Kier alpha value is -0.0800. The molecule has 12 heavy (non-hydrogen) atoms. The first kappa shape index (κ1) is 11.9. The van der Waals surface area contributed by atoms with E-state index in [1.807, 2.05) is 12.1 Å². The van der Waals surface area contributed by atoms with Crippen LogP contribution in [0.1, 0.15) is 41.5 Å². The van der Waals surface area contributed by atoms with Gasteiger partial charge in [0.25, 0.3) is 0 Å². The summed E-state index contributed by atoms with van der Waals surface area (Å²) >= 11 is 0. The lowest BCUT2D eigenvalue weighted by Crippen LogP contribution is -2.39. The van der Waals surface area contributed by atoms with Crippen molar-refractivity contribution in [2.24, 2.45) is 5.92 Å². The van der Waals surface area contributed by atoms with Gasteiger partial charge in [0, 0.05) is 13.1 Å². The molecule has 0 amide bonds. The molecule has 0 saturated heterocycles. The molecule has 1 atom stereocenters. The molecule has 0 radical (unpaired) electrons. The second-order valence-corrected chi connectivity index (χ2v) is 4.73. The quantitative estimate of drug-likeness (QED) is 0.608. The van der Waals surface area contributed by atoms with E-state index in [0.29, 0.717) is 12.0 Å². The van der Waals surface area contributed by atoms with Crippen LogP contribution >= 0.6 is 0 Å². The van der Waals surface area contributed by atoms with E-state index in [-0.39, 0.29) is 5.60 Å². The van der Waals surface area contributed by atoms with E-state index in [9.17, 15) is 0 Å². The van der Waals surface area contributed by atoms with Gasteiger partial charge < -0.3 is 0 Å². The van der Waals surface area contributed by atoms with Crippen molar-refractivity contribution in [2.45, 2.75) is 53.2 Å². The predicted molar refractivity (Wildman–Crippen MR) is 52.9 cm³/mol. The van der Waals surface area contributed by atoms with Gasteiger partial charge in [0.1, 0.15) is 0 Å². The minimum absolute atomic E-state index is 0.0854. The molecular formula is C10H23NO. The van der Waals surface area contributed by atoms with Crippen LogP contribution in [0.4, 0.5) is 0 Å². The highest BCUT2D eigenvalue weighted by Crippen LogP contribution is 2.15. The molecule has 0 aromatic carbocycles. The van der Waals surface area contributed by atoms with Gasteiger partial charge in [-0.2, -0.15) is 5.06 Å². The average molecular weight is 173 g/mol. The number of hydroxylamine groups is 2. The molecule has 1 unspecified atom stereocenters. The van der Waals surface area contributed by atoms with Gasteiger partial charge in [0.15, 0.2) is 0 Å². The first-order valence-corrected chi connectivity index (χ1v) is 4.66. The number of hydrogen-bond acceptors (Lipinski definition) is 2. The highest BCUT2D eigenvalue weighted by atomic mass is 16.7. The van der Waals surface area contributed by atoms with Crippen molar-refractivity contribution in [3.05, 3.63) is 0 Å². The van der Waals surface area contributed by atoms with Crippen LogP contribution in [-0.2, 0) is 4.84 Å². The summed E-state index contributed by atoms with van der Waals surface area (Å²) in [5.41, 5.74) is -0.0854. The van der Waals surface area contributed by atoms with Gasteiger partial charge in [-0.25, -0.2) is 0 Å². The van der Waals surface area contributed by atoms with Gasteiger partial charge >= 0.3 is 0 Å². The summed E-state index contributed by atoms with van der Waals surface area (Å²) in [7, 11) is 2.00. The Balaban J connectivity index is 3.95. The van der Waals surface area contributed by atoms with E-state index in [2.05, 4.69) is 41.5 Å². The summed E-state index contributed by atoms with van der Waals surface area (Å²) < 4.78 is 0. The van der Waals surface area contributed by atoms with Crippen molar-refractivity contribution in [3.8, 4) is 0 Å². The summed E-state index contributed by atoms with van der Waals surface area (Å²) in [6, 6.07) is 0.462. The number of nitrogens with zero attached hydrogens (tertiary/aromatic N) is 1. The Kier molecular flexibility index (Phi) is 4.21. The fourth-order valence-electron chi connectivity index (χ4n) is 0.935. The summed E-state index contributed by atoms with van der Waals surface area (Å²) in [6.45, 7) is 12.8. The molecule has 0 bridgehead atoms. The van der Waals surface area contributed by atoms with Crippen LogP contribution in [0.2, 0.25) is 0 Å². The number of hydrogen-bond donors (Lipinski definition) is 0. The fraction of sp³-hybridized carbons (Fsp3) is 1.00.